The number of rotatable bonds is 7. The first-order valence-corrected chi connectivity index (χ1v) is 10.0. The smallest absolute Gasteiger partial charge is 0.277 e. The van der Waals surface area contributed by atoms with Gasteiger partial charge in [0.2, 0.25) is 0 Å². The third-order valence-electron chi connectivity index (χ3n) is 5.32. The summed E-state index contributed by atoms with van der Waals surface area (Å²) >= 11 is 0. The van der Waals surface area contributed by atoms with Gasteiger partial charge < -0.3 is 14.9 Å². The molecular weight excluding hydrogens is 348 g/mol. The van der Waals surface area contributed by atoms with E-state index in [1.165, 1.54) is 0 Å². The summed E-state index contributed by atoms with van der Waals surface area (Å²) < 4.78 is 4.05. The highest BCUT2D eigenvalue weighted by Crippen LogP contribution is 2.28. The maximum atomic E-state index is 13.5. The Morgan fingerprint density at radius 1 is 0.964 bits per heavy atom. The molecule has 28 heavy (non-hydrogen) atoms. The lowest BCUT2D eigenvalue weighted by Gasteiger charge is -2.12. The van der Waals surface area contributed by atoms with Crippen molar-refractivity contribution in [3.05, 3.63) is 65.1 Å². The Morgan fingerprint density at radius 3 is 2.50 bits per heavy atom. The number of para-hydroxylation sites is 3. The average Bonchev–Trinajstić information content (AvgIpc) is 3.11. The van der Waals surface area contributed by atoms with Gasteiger partial charge in [-0.25, -0.2) is 4.98 Å². The van der Waals surface area contributed by atoms with Crippen LogP contribution >= 0.6 is 0 Å². The molecule has 0 saturated carbocycles. The second-order valence-corrected chi connectivity index (χ2v) is 7.10. The minimum Gasteiger partial charge on any atom is -0.347 e. The van der Waals surface area contributed by atoms with E-state index >= 15 is 0 Å². The van der Waals surface area contributed by atoms with Crippen molar-refractivity contribution in [3.63, 3.8) is 0 Å². The molecule has 2 aromatic heterocycles. The first kappa shape index (κ1) is 18.4. The molecule has 4 aromatic rings. The summed E-state index contributed by atoms with van der Waals surface area (Å²) in [5.41, 5.74) is 9.90. The van der Waals surface area contributed by atoms with Crippen molar-refractivity contribution < 1.29 is 0 Å². The van der Waals surface area contributed by atoms with Crippen molar-refractivity contribution >= 4 is 21.9 Å². The van der Waals surface area contributed by atoms with Crippen LogP contribution in [0, 0.1) is 0 Å². The van der Waals surface area contributed by atoms with Crippen LogP contribution in [0.1, 0.15) is 26.2 Å². The van der Waals surface area contributed by atoms with Crippen LogP contribution in [0.2, 0.25) is 0 Å². The normalized spacial score (nSPS) is 11.5. The summed E-state index contributed by atoms with van der Waals surface area (Å²) in [7, 11) is 0. The predicted molar refractivity (Wildman–Crippen MR) is 116 cm³/mol. The molecule has 0 saturated heterocycles. The molecule has 2 N–H and O–H groups in total. The standard InChI is InChI=1S/C23H26N4O/c1-2-26-16-18(17-10-4-6-12-20(17)26)22-23(28)27(15-9-3-8-14-24)21-13-7-5-11-19(21)25-22/h4-7,10-13,16H,2-3,8-9,14-15,24H2,1H3. The highest BCUT2D eigenvalue weighted by Gasteiger charge is 2.17. The fourth-order valence-corrected chi connectivity index (χ4v) is 3.88. The van der Waals surface area contributed by atoms with Gasteiger partial charge in [-0.05, 0) is 44.5 Å². The van der Waals surface area contributed by atoms with Gasteiger partial charge in [-0.15, -0.1) is 0 Å². The summed E-state index contributed by atoms with van der Waals surface area (Å²) in [6.07, 6.45) is 4.99. The largest absolute Gasteiger partial charge is 0.347 e. The first-order chi connectivity index (χ1) is 13.7. The van der Waals surface area contributed by atoms with Crippen LogP contribution in [0.25, 0.3) is 33.2 Å². The van der Waals surface area contributed by atoms with Crippen LogP contribution in [-0.4, -0.2) is 20.7 Å². The minimum atomic E-state index is -0.0227. The maximum absolute atomic E-state index is 13.5. The molecule has 0 aliphatic rings. The molecule has 2 heterocycles. The third kappa shape index (κ3) is 3.22. The lowest BCUT2D eigenvalue weighted by atomic mass is 10.1. The van der Waals surface area contributed by atoms with Crippen LogP contribution in [0.3, 0.4) is 0 Å². The topological polar surface area (TPSA) is 65.8 Å². The zero-order chi connectivity index (χ0) is 19.5. The van der Waals surface area contributed by atoms with E-state index in [1.54, 1.807) is 0 Å². The molecule has 5 heteroatoms. The first-order valence-electron chi connectivity index (χ1n) is 10.0. The second kappa shape index (κ2) is 7.98. The maximum Gasteiger partial charge on any atom is 0.277 e. The Balaban J connectivity index is 1.91. The Kier molecular flexibility index (Phi) is 5.26. The molecule has 0 fully saturated rings. The Morgan fingerprint density at radius 2 is 1.71 bits per heavy atom. The highest BCUT2D eigenvalue weighted by molar-refractivity contribution is 5.95. The second-order valence-electron chi connectivity index (χ2n) is 7.10. The molecule has 5 nitrogen and oxygen atoms in total. The van der Waals surface area contributed by atoms with Gasteiger partial charge in [0.25, 0.3) is 5.56 Å². The molecule has 0 aliphatic carbocycles. The monoisotopic (exact) mass is 374 g/mol. The molecule has 0 radical (unpaired) electrons. The van der Waals surface area contributed by atoms with Gasteiger partial charge in [0.05, 0.1) is 11.0 Å². The Bertz CT molecular complexity index is 1170. The summed E-state index contributed by atoms with van der Waals surface area (Å²) in [5, 5.41) is 1.07. The summed E-state index contributed by atoms with van der Waals surface area (Å²) in [4.78, 5) is 18.2. The Labute approximate surface area is 164 Å². The number of nitrogens with zero attached hydrogens (tertiary/aromatic N) is 3. The van der Waals surface area contributed by atoms with E-state index in [-0.39, 0.29) is 5.56 Å². The summed E-state index contributed by atoms with van der Waals surface area (Å²) in [6, 6.07) is 16.1. The zero-order valence-electron chi connectivity index (χ0n) is 16.3. The molecule has 2 aromatic carbocycles. The summed E-state index contributed by atoms with van der Waals surface area (Å²) in [5.74, 6) is 0. The average molecular weight is 374 g/mol. The van der Waals surface area contributed by atoms with Crippen molar-refractivity contribution in [2.45, 2.75) is 39.3 Å². The number of aryl methyl sites for hydroxylation is 2. The third-order valence-corrected chi connectivity index (χ3v) is 5.32. The fraction of sp³-hybridized carbons (Fsp3) is 0.304. The van der Waals surface area contributed by atoms with E-state index in [0.29, 0.717) is 18.8 Å². The van der Waals surface area contributed by atoms with Gasteiger partial charge in [-0.2, -0.15) is 0 Å². The molecule has 144 valence electrons. The van der Waals surface area contributed by atoms with Crippen molar-refractivity contribution in [3.8, 4) is 11.3 Å². The number of fused-ring (bicyclic) bond motifs is 2. The Hall–Kier alpha value is -2.92. The molecule has 4 rings (SSSR count). The molecule has 0 bridgehead atoms. The van der Waals surface area contributed by atoms with Crippen molar-refractivity contribution in [1.82, 2.24) is 14.1 Å². The fourth-order valence-electron chi connectivity index (χ4n) is 3.88. The molecule has 0 amide bonds. The number of nitrogens with two attached hydrogens (primary N) is 1. The molecule has 0 atom stereocenters. The highest BCUT2D eigenvalue weighted by atomic mass is 16.1. The molecule has 0 spiro atoms. The quantitative estimate of drug-likeness (QED) is 0.494. The molecule has 0 unspecified atom stereocenters. The summed E-state index contributed by atoms with van der Waals surface area (Å²) in [6.45, 7) is 4.33. The van der Waals surface area contributed by atoms with Gasteiger partial charge in [-0.3, -0.25) is 4.79 Å². The van der Waals surface area contributed by atoms with E-state index in [2.05, 4.69) is 29.8 Å². The van der Waals surface area contributed by atoms with Gasteiger partial charge in [0, 0.05) is 35.8 Å². The minimum absolute atomic E-state index is 0.0227. The van der Waals surface area contributed by atoms with Crippen LogP contribution < -0.4 is 11.3 Å². The zero-order valence-corrected chi connectivity index (χ0v) is 16.3. The van der Waals surface area contributed by atoms with Crippen molar-refractivity contribution in [2.75, 3.05) is 6.54 Å². The lowest BCUT2D eigenvalue weighted by Crippen LogP contribution is -2.24. The predicted octanol–water partition coefficient (Wildman–Crippen LogP) is 4.17. The molecule has 0 aliphatic heterocycles. The SMILES string of the molecule is CCn1cc(-c2nc3ccccc3n(CCCCCN)c2=O)c2ccccc21. The van der Waals surface area contributed by atoms with Gasteiger partial charge >= 0.3 is 0 Å². The lowest BCUT2D eigenvalue weighted by molar-refractivity contribution is 0.590. The van der Waals surface area contributed by atoms with Gasteiger partial charge in [0.1, 0.15) is 5.69 Å². The number of hydrogen-bond donors (Lipinski definition) is 1. The van der Waals surface area contributed by atoms with Crippen LogP contribution in [0.4, 0.5) is 0 Å². The number of benzene rings is 2. The molecular formula is C23H26N4O. The van der Waals surface area contributed by atoms with Crippen molar-refractivity contribution in [2.24, 2.45) is 5.73 Å². The van der Waals surface area contributed by atoms with E-state index in [9.17, 15) is 4.79 Å². The van der Waals surface area contributed by atoms with E-state index in [4.69, 9.17) is 10.7 Å². The number of hydrogen-bond acceptors (Lipinski definition) is 3. The number of aromatic nitrogens is 3. The number of unbranched alkanes of at least 4 members (excludes halogenated alkanes) is 2. The van der Waals surface area contributed by atoms with Crippen LogP contribution in [0.15, 0.2) is 59.5 Å². The van der Waals surface area contributed by atoms with Crippen LogP contribution in [-0.2, 0) is 13.1 Å². The van der Waals surface area contributed by atoms with E-state index < -0.39 is 0 Å². The van der Waals surface area contributed by atoms with Gasteiger partial charge in [-0.1, -0.05) is 36.8 Å². The van der Waals surface area contributed by atoms with Gasteiger partial charge in [0.15, 0.2) is 0 Å². The van der Waals surface area contributed by atoms with E-state index in [1.807, 2.05) is 41.0 Å². The van der Waals surface area contributed by atoms with E-state index in [0.717, 1.165) is 53.3 Å². The van der Waals surface area contributed by atoms with Crippen molar-refractivity contribution in [1.29, 1.82) is 0 Å². The van der Waals surface area contributed by atoms with Crippen LogP contribution in [0.5, 0.6) is 0 Å².